The van der Waals surface area contributed by atoms with Crippen molar-refractivity contribution in [2.24, 2.45) is 0 Å². The lowest BCUT2D eigenvalue weighted by molar-refractivity contribution is -0.129. The average molecular weight is 355 g/mol. The zero-order valence-corrected chi connectivity index (χ0v) is 14.7. The van der Waals surface area contributed by atoms with Gasteiger partial charge in [0, 0.05) is 43.1 Å². The smallest absolute Gasteiger partial charge is 0.241 e. The van der Waals surface area contributed by atoms with E-state index in [1.54, 1.807) is 30.3 Å². The van der Waals surface area contributed by atoms with Gasteiger partial charge in [-0.05, 0) is 43.3 Å². The molecule has 1 N–H and O–H groups in total. The van der Waals surface area contributed by atoms with Gasteiger partial charge < -0.3 is 15.1 Å². The highest BCUT2D eigenvalue weighted by molar-refractivity contribution is 6.00. The van der Waals surface area contributed by atoms with Gasteiger partial charge in [-0.2, -0.15) is 0 Å². The lowest BCUT2D eigenvalue weighted by Crippen LogP contribution is -2.50. The number of ketones is 1. The molecule has 1 aliphatic heterocycles. The lowest BCUT2D eigenvalue weighted by Gasteiger charge is -2.36. The van der Waals surface area contributed by atoms with E-state index in [2.05, 4.69) is 10.2 Å². The fraction of sp³-hybridized carbons (Fsp3) is 0.300. The Labute approximate surface area is 152 Å². The minimum atomic E-state index is -0.250. The molecular weight excluding hydrogens is 333 g/mol. The van der Waals surface area contributed by atoms with E-state index >= 15 is 0 Å². The van der Waals surface area contributed by atoms with Crippen molar-refractivity contribution < 1.29 is 14.0 Å². The number of para-hydroxylation sites is 1. The zero-order valence-electron chi connectivity index (χ0n) is 14.7. The molecule has 0 aliphatic carbocycles. The van der Waals surface area contributed by atoms with Crippen molar-refractivity contribution >= 4 is 23.1 Å². The summed E-state index contributed by atoms with van der Waals surface area (Å²) >= 11 is 0. The van der Waals surface area contributed by atoms with Crippen molar-refractivity contribution in [1.29, 1.82) is 0 Å². The molecule has 6 heteroatoms. The minimum Gasteiger partial charge on any atom is -0.376 e. The molecule has 0 atom stereocenters. The highest BCUT2D eigenvalue weighted by Crippen LogP contribution is 2.18. The molecule has 0 bridgehead atoms. The van der Waals surface area contributed by atoms with Crippen molar-refractivity contribution in [1.82, 2.24) is 4.90 Å². The van der Waals surface area contributed by atoms with E-state index in [-0.39, 0.29) is 24.1 Å². The van der Waals surface area contributed by atoms with Gasteiger partial charge in [-0.15, -0.1) is 0 Å². The number of hydrogen-bond acceptors (Lipinski definition) is 4. The SMILES string of the molecule is CC(=O)c1ccccc1NCC(=O)N1CCN(c2ccc(F)cc2)CC1. The van der Waals surface area contributed by atoms with Gasteiger partial charge in [0.1, 0.15) is 5.82 Å². The van der Waals surface area contributed by atoms with Crippen LogP contribution < -0.4 is 10.2 Å². The van der Waals surface area contributed by atoms with Crippen LogP contribution in [0.25, 0.3) is 0 Å². The molecule has 1 fully saturated rings. The van der Waals surface area contributed by atoms with Crippen LogP contribution in [0.5, 0.6) is 0 Å². The number of benzene rings is 2. The minimum absolute atomic E-state index is 0.00195. The van der Waals surface area contributed by atoms with E-state index in [1.165, 1.54) is 19.1 Å². The first-order chi connectivity index (χ1) is 12.5. The van der Waals surface area contributed by atoms with Gasteiger partial charge in [0.25, 0.3) is 0 Å². The van der Waals surface area contributed by atoms with Crippen LogP contribution in [-0.4, -0.2) is 49.3 Å². The third kappa shape index (κ3) is 4.20. The van der Waals surface area contributed by atoms with Crippen molar-refractivity contribution in [3.05, 3.63) is 59.9 Å². The maximum absolute atomic E-state index is 13.0. The van der Waals surface area contributed by atoms with Crippen molar-refractivity contribution in [2.75, 3.05) is 42.9 Å². The van der Waals surface area contributed by atoms with Crippen LogP contribution in [0.1, 0.15) is 17.3 Å². The van der Waals surface area contributed by atoms with E-state index in [4.69, 9.17) is 0 Å². The van der Waals surface area contributed by atoms with Crippen LogP contribution in [0.2, 0.25) is 0 Å². The summed E-state index contributed by atoms with van der Waals surface area (Å²) in [5.41, 5.74) is 2.23. The second kappa shape index (κ2) is 7.99. The summed E-state index contributed by atoms with van der Waals surface area (Å²) in [5, 5.41) is 3.07. The van der Waals surface area contributed by atoms with Crippen molar-refractivity contribution in [3.8, 4) is 0 Å². The van der Waals surface area contributed by atoms with Crippen LogP contribution in [0.3, 0.4) is 0 Å². The first-order valence-corrected chi connectivity index (χ1v) is 8.67. The van der Waals surface area contributed by atoms with Crippen molar-refractivity contribution in [3.63, 3.8) is 0 Å². The number of amides is 1. The second-order valence-electron chi connectivity index (χ2n) is 6.30. The summed E-state index contributed by atoms with van der Waals surface area (Å²) in [4.78, 5) is 28.0. The highest BCUT2D eigenvalue weighted by Gasteiger charge is 2.21. The number of carbonyl (C=O) groups is 2. The van der Waals surface area contributed by atoms with Crippen LogP contribution in [-0.2, 0) is 4.79 Å². The molecule has 2 aromatic carbocycles. The number of piperazine rings is 1. The van der Waals surface area contributed by atoms with E-state index in [9.17, 15) is 14.0 Å². The molecule has 1 amide bonds. The molecule has 26 heavy (non-hydrogen) atoms. The van der Waals surface area contributed by atoms with E-state index in [1.807, 2.05) is 11.0 Å². The lowest BCUT2D eigenvalue weighted by atomic mass is 10.1. The molecule has 136 valence electrons. The largest absolute Gasteiger partial charge is 0.376 e. The summed E-state index contributed by atoms with van der Waals surface area (Å²) in [7, 11) is 0. The molecule has 2 aromatic rings. The standard InChI is InChI=1S/C20H22FN3O2/c1-15(25)18-4-2-3-5-19(18)22-14-20(26)24-12-10-23(11-13-24)17-8-6-16(21)7-9-17/h2-9,22H,10-14H2,1H3. The van der Waals surface area contributed by atoms with Gasteiger partial charge in [-0.3, -0.25) is 9.59 Å². The van der Waals surface area contributed by atoms with Crippen LogP contribution >= 0.6 is 0 Å². The Hall–Kier alpha value is -2.89. The molecule has 0 spiro atoms. The first kappa shape index (κ1) is 17.9. The van der Waals surface area contributed by atoms with Crippen LogP contribution in [0, 0.1) is 5.82 Å². The second-order valence-corrected chi connectivity index (χ2v) is 6.30. The third-order valence-corrected chi connectivity index (χ3v) is 4.56. The average Bonchev–Trinajstić information content (AvgIpc) is 2.67. The maximum atomic E-state index is 13.0. The molecule has 0 radical (unpaired) electrons. The molecule has 1 heterocycles. The quantitative estimate of drug-likeness (QED) is 0.838. The molecule has 1 saturated heterocycles. The van der Waals surface area contributed by atoms with E-state index < -0.39 is 0 Å². The summed E-state index contributed by atoms with van der Waals surface area (Å²) in [5.74, 6) is -0.282. The molecule has 0 saturated carbocycles. The maximum Gasteiger partial charge on any atom is 0.241 e. The predicted molar refractivity (Wildman–Crippen MR) is 100 cm³/mol. The number of nitrogens with zero attached hydrogens (tertiary/aromatic N) is 2. The van der Waals surface area contributed by atoms with Gasteiger partial charge in [0.05, 0.1) is 6.54 Å². The Morgan fingerprint density at radius 2 is 1.65 bits per heavy atom. The molecule has 0 unspecified atom stereocenters. The van der Waals surface area contributed by atoms with Crippen LogP contribution in [0.4, 0.5) is 15.8 Å². The Balaban J connectivity index is 1.53. The Morgan fingerprint density at radius 3 is 2.31 bits per heavy atom. The topological polar surface area (TPSA) is 52.7 Å². The van der Waals surface area contributed by atoms with Gasteiger partial charge in [0.2, 0.25) is 5.91 Å². The summed E-state index contributed by atoms with van der Waals surface area (Å²) in [6.07, 6.45) is 0. The van der Waals surface area contributed by atoms with Gasteiger partial charge in [-0.1, -0.05) is 12.1 Å². The number of Topliss-reactive ketones (excluding diaryl/α,β-unsaturated/α-hetero) is 1. The zero-order chi connectivity index (χ0) is 18.5. The Kier molecular flexibility index (Phi) is 5.51. The van der Waals surface area contributed by atoms with Gasteiger partial charge in [-0.25, -0.2) is 4.39 Å². The Morgan fingerprint density at radius 1 is 1.00 bits per heavy atom. The number of nitrogens with one attached hydrogen (secondary N) is 1. The first-order valence-electron chi connectivity index (χ1n) is 8.67. The number of anilines is 2. The van der Waals surface area contributed by atoms with Gasteiger partial charge >= 0.3 is 0 Å². The van der Waals surface area contributed by atoms with Crippen LogP contribution in [0.15, 0.2) is 48.5 Å². The molecular formula is C20H22FN3O2. The number of rotatable bonds is 5. The van der Waals surface area contributed by atoms with Crippen molar-refractivity contribution in [2.45, 2.75) is 6.92 Å². The monoisotopic (exact) mass is 355 g/mol. The molecule has 1 aliphatic rings. The summed E-state index contributed by atoms with van der Waals surface area (Å²) in [6, 6.07) is 13.6. The Bertz CT molecular complexity index is 784. The fourth-order valence-electron chi connectivity index (χ4n) is 3.09. The van der Waals surface area contributed by atoms with E-state index in [0.29, 0.717) is 37.4 Å². The summed E-state index contributed by atoms with van der Waals surface area (Å²) in [6.45, 7) is 4.32. The molecule has 3 rings (SSSR count). The fourth-order valence-corrected chi connectivity index (χ4v) is 3.09. The number of halogens is 1. The number of carbonyl (C=O) groups excluding carboxylic acids is 2. The third-order valence-electron chi connectivity index (χ3n) is 4.56. The number of hydrogen-bond donors (Lipinski definition) is 1. The summed E-state index contributed by atoms with van der Waals surface area (Å²) < 4.78 is 13.0. The normalized spacial score (nSPS) is 14.2. The molecule has 0 aromatic heterocycles. The predicted octanol–water partition coefficient (Wildman–Crippen LogP) is 2.79. The van der Waals surface area contributed by atoms with Gasteiger partial charge in [0.15, 0.2) is 5.78 Å². The van der Waals surface area contributed by atoms with E-state index in [0.717, 1.165) is 5.69 Å². The molecule has 5 nitrogen and oxygen atoms in total. The highest BCUT2D eigenvalue weighted by atomic mass is 19.1.